The molecule has 1 heterocycles. The molecule has 0 aliphatic heterocycles. The van der Waals surface area contributed by atoms with E-state index in [9.17, 15) is 18.0 Å². The van der Waals surface area contributed by atoms with Crippen molar-refractivity contribution in [2.45, 2.75) is 62.6 Å². The van der Waals surface area contributed by atoms with Gasteiger partial charge in [0.2, 0.25) is 10.0 Å². The summed E-state index contributed by atoms with van der Waals surface area (Å²) in [7, 11) is -3.76. The van der Waals surface area contributed by atoms with E-state index in [1.54, 1.807) is 12.1 Å². The Morgan fingerprint density at radius 3 is 2.47 bits per heavy atom. The number of carbonyl (C=O) groups excluding carboxylic acids is 2. The predicted molar refractivity (Wildman–Crippen MR) is 109 cm³/mol. The van der Waals surface area contributed by atoms with Crippen molar-refractivity contribution >= 4 is 21.9 Å². The summed E-state index contributed by atoms with van der Waals surface area (Å²) >= 11 is 0. The Labute approximate surface area is 176 Å². The third kappa shape index (κ3) is 5.93. The first-order valence-electron chi connectivity index (χ1n) is 9.98. The fourth-order valence-corrected chi connectivity index (χ4v) is 4.27. The fraction of sp³-hybridized carbons (Fsp3) is 0.429. The van der Waals surface area contributed by atoms with Crippen molar-refractivity contribution in [3.8, 4) is 0 Å². The third-order valence-corrected chi connectivity index (χ3v) is 6.44. The van der Waals surface area contributed by atoms with Gasteiger partial charge in [-0.05, 0) is 56.2 Å². The second-order valence-corrected chi connectivity index (χ2v) is 9.09. The van der Waals surface area contributed by atoms with Crippen LogP contribution in [-0.2, 0) is 26.1 Å². The second kappa shape index (κ2) is 9.90. The molecule has 8 nitrogen and oxygen atoms in total. The third-order valence-electron chi connectivity index (χ3n) is 5.02. The number of hydrogen-bond acceptors (Lipinski definition) is 6. The Morgan fingerprint density at radius 2 is 1.83 bits per heavy atom. The molecule has 162 valence electrons. The van der Waals surface area contributed by atoms with Gasteiger partial charge in [-0.25, -0.2) is 17.9 Å². The van der Waals surface area contributed by atoms with Gasteiger partial charge in [0.1, 0.15) is 5.76 Å². The molecule has 1 aliphatic carbocycles. The minimum absolute atomic E-state index is 0.00805. The first kappa shape index (κ1) is 22.0. The van der Waals surface area contributed by atoms with Gasteiger partial charge in [-0.2, -0.15) is 0 Å². The number of sulfonamides is 1. The van der Waals surface area contributed by atoms with Gasteiger partial charge in [0.25, 0.3) is 5.91 Å². The van der Waals surface area contributed by atoms with Crippen LogP contribution in [0.3, 0.4) is 0 Å². The molecule has 1 aliphatic rings. The normalized spacial score (nSPS) is 16.0. The smallest absolute Gasteiger partial charge is 0.338 e. The highest BCUT2D eigenvalue weighted by atomic mass is 32.2. The van der Waals surface area contributed by atoms with Crippen molar-refractivity contribution in [2.24, 2.45) is 0 Å². The highest BCUT2D eigenvalue weighted by molar-refractivity contribution is 7.89. The molecule has 2 N–H and O–H groups in total. The van der Waals surface area contributed by atoms with Crippen molar-refractivity contribution in [3.05, 3.63) is 54.0 Å². The summed E-state index contributed by atoms with van der Waals surface area (Å²) in [6.45, 7) is 1.54. The van der Waals surface area contributed by atoms with E-state index in [0.29, 0.717) is 5.76 Å². The number of benzene rings is 1. The fourth-order valence-electron chi connectivity index (χ4n) is 3.28. The largest absolute Gasteiger partial charge is 0.468 e. The van der Waals surface area contributed by atoms with E-state index in [1.807, 2.05) is 0 Å². The van der Waals surface area contributed by atoms with Crippen LogP contribution in [0.4, 0.5) is 0 Å². The van der Waals surface area contributed by atoms with E-state index in [-0.39, 0.29) is 29.0 Å². The maximum Gasteiger partial charge on any atom is 0.338 e. The van der Waals surface area contributed by atoms with E-state index >= 15 is 0 Å². The highest BCUT2D eigenvalue weighted by Crippen LogP contribution is 2.18. The number of ether oxygens (including phenoxy) is 1. The first-order chi connectivity index (χ1) is 14.3. The molecule has 30 heavy (non-hydrogen) atoms. The van der Waals surface area contributed by atoms with Gasteiger partial charge in [0.15, 0.2) is 6.10 Å². The van der Waals surface area contributed by atoms with E-state index in [0.717, 1.165) is 25.7 Å². The van der Waals surface area contributed by atoms with Crippen LogP contribution in [0.1, 0.15) is 55.1 Å². The molecule has 0 spiro atoms. The van der Waals surface area contributed by atoms with Gasteiger partial charge < -0.3 is 14.5 Å². The topological polar surface area (TPSA) is 115 Å². The minimum atomic E-state index is -3.76. The Balaban J connectivity index is 1.54. The van der Waals surface area contributed by atoms with Crippen molar-refractivity contribution in [3.63, 3.8) is 0 Å². The van der Waals surface area contributed by atoms with E-state index in [4.69, 9.17) is 9.15 Å². The van der Waals surface area contributed by atoms with Gasteiger partial charge in [0, 0.05) is 6.04 Å². The monoisotopic (exact) mass is 434 g/mol. The van der Waals surface area contributed by atoms with Crippen molar-refractivity contribution in [1.82, 2.24) is 10.0 Å². The summed E-state index contributed by atoms with van der Waals surface area (Å²) in [4.78, 5) is 24.6. The molecular weight excluding hydrogens is 408 g/mol. The zero-order valence-electron chi connectivity index (χ0n) is 16.8. The van der Waals surface area contributed by atoms with E-state index in [2.05, 4.69) is 10.0 Å². The van der Waals surface area contributed by atoms with Crippen LogP contribution in [0.2, 0.25) is 0 Å². The maximum absolute atomic E-state index is 12.3. The SMILES string of the molecule is CC(OC(=O)c1ccc(S(=O)(=O)NCc2ccco2)cc1)C(=O)NC1CCCCC1. The number of rotatable bonds is 8. The summed E-state index contributed by atoms with van der Waals surface area (Å²) in [5.41, 5.74) is 0.164. The zero-order chi connectivity index (χ0) is 21.6. The van der Waals surface area contributed by atoms with Gasteiger partial charge in [0.05, 0.1) is 23.3 Å². The lowest BCUT2D eigenvalue weighted by Crippen LogP contribution is -2.42. The standard InChI is InChI=1S/C21H26N2O6S/c1-15(20(24)23-17-6-3-2-4-7-17)29-21(25)16-9-11-19(12-10-16)30(26,27)22-14-18-8-5-13-28-18/h5,8-13,15,17,22H,2-4,6-7,14H2,1H3,(H,23,24). The van der Waals surface area contributed by atoms with Crippen LogP contribution in [0, 0.1) is 0 Å². The van der Waals surface area contributed by atoms with Crippen LogP contribution in [0.15, 0.2) is 52.0 Å². The van der Waals surface area contributed by atoms with Gasteiger partial charge in [-0.15, -0.1) is 0 Å². The highest BCUT2D eigenvalue weighted by Gasteiger charge is 2.23. The Morgan fingerprint density at radius 1 is 1.13 bits per heavy atom. The molecule has 0 saturated heterocycles. The van der Waals surface area contributed by atoms with Crippen LogP contribution < -0.4 is 10.0 Å². The van der Waals surface area contributed by atoms with Crippen LogP contribution >= 0.6 is 0 Å². The molecule has 1 aromatic heterocycles. The van der Waals surface area contributed by atoms with Crippen LogP contribution in [0.5, 0.6) is 0 Å². The van der Waals surface area contributed by atoms with Crippen molar-refractivity contribution in [2.75, 3.05) is 0 Å². The summed E-state index contributed by atoms with van der Waals surface area (Å²) in [6.07, 6.45) is 5.77. The van der Waals surface area contributed by atoms with Crippen LogP contribution in [-0.4, -0.2) is 32.4 Å². The maximum atomic E-state index is 12.3. The molecule has 0 bridgehead atoms. The predicted octanol–water partition coefficient (Wildman–Crippen LogP) is 2.75. The number of furan rings is 1. The Kier molecular flexibility index (Phi) is 7.28. The number of amides is 1. The molecule has 1 unspecified atom stereocenters. The lowest BCUT2D eigenvalue weighted by molar-refractivity contribution is -0.130. The molecule has 1 atom stereocenters. The zero-order valence-corrected chi connectivity index (χ0v) is 17.6. The van der Waals surface area contributed by atoms with Crippen LogP contribution in [0.25, 0.3) is 0 Å². The summed E-state index contributed by atoms with van der Waals surface area (Å²) < 4.78 is 37.4. The molecule has 2 aromatic rings. The van der Waals surface area contributed by atoms with Crippen molar-refractivity contribution < 1.29 is 27.2 Å². The van der Waals surface area contributed by atoms with E-state index < -0.39 is 22.1 Å². The average molecular weight is 435 g/mol. The average Bonchev–Trinajstić information content (AvgIpc) is 3.27. The quantitative estimate of drug-likeness (QED) is 0.618. The lowest BCUT2D eigenvalue weighted by Gasteiger charge is -2.24. The van der Waals surface area contributed by atoms with Gasteiger partial charge >= 0.3 is 5.97 Å². The summed E-state index contributed by atoms with van der Waals surface area (Å²) in [6, 6.07) is 8.80. The number of hydrogen-bond donors (Lipinski definition) is 2. The molecule has 1 fully saturated rings. The second-order valence-electron chi connectivity index (χ2n) is 7.32. The van der Waals surface area contributed by atoms with E-state index in [1.165, 1.54) is 43.9 Å². The van der Waals surface area contributed by atoms with Gasteiger partial charge in [-0.3, -0.25) is 4.79 Å². The molecule has 1 aromatic carbocycles. The summed E-state index contributed by atoms with van der Waals surface area (Å²) in [5.74, 6) is -0.523. The number of esters is 1. The molecule has 3 rings (SSSR count). The molecule has 1 amide bonds. The Hall–Kier alpha value is -2.65. The summed E-state index contributed by atoms with van der Waals surface area (Å²) in [5, 5.41) is 2.92. The number of carbonyl (C=O) groups is 2. The molecular formula is C21H26N2O6S. The lowest BCUT2D eigenvalue weighted by atomic mass is 9.95. The Bertz CT molecular complexity index is 948. The molecule has 0 radical (unpaired) electrons. The number of nitrogens with one attached hydrogen (secondary N) is 2. The first-order valence-corrected chi connectivity index (χ1v) is 11.5. The molecule has 1 saturated carbocycles. The minimum Gasteiger partial charge on any atom is -0.468 e. The van der Waals surface area contributed by atoms with Crippen molar-refractivity contribution in [1.29, 1.82) is 0 Å². The van der Waals surface area contributed by atoms with Gasteiger partial charge in [-0.1, -0.05) is 19.3 Å². The molecule has 9 heteroatoms.